The number of ether oxygens (including phenoxy) is 1. The minimum absolute atomic E-state index is 0.0314. The van der Waals surface area contributed by atoms with Gasteiger partial charge in [-0.1, -0.05) is 60.7 Å². The van der Waals surface area contributed by atoms with Crippen LogP contribution in [0.15, 0.2) is 89.9 Å². The van der Waals surface area contributed by atoms with E-state index in [1.807, 2.05) is 60.7 Å². The molecule has 0 aliphatic carbocycles. The van der Waals surface area contributed by atoms with Crippen LogP contribution in [0.4, 0.5) is 10.1 Å². The Hall–Kier alpha value is -3.47. The normalized spacial score (nSPS) is 11.0. The molecule has 0 radical (unpaired) electrons. The first-order valence-electron chi connectivity index (χ1n) is 8.09. The van der Waals surface area contributed by atoms with Gasteiger partial charge in [0.1, 0.15) is 5.84 Å². The zero-order valence-corrected chi connectivity index (χ0v) is 13.9. The molecule has 0 saturated heterocycles. The number of benzene rings is 3. The average molecular weight is 348 g/mol. The van der Waals surface area contributed by atoms with Gasteiger partial charge in [-0.25, -0.2) is 9.38 Å². The molecule has 0 aliphatic heterocycles. The molecule has 5 heteroatoms. The van der Waals surface area contributed by atoms with Crippen LogP contribution < -0.4 is 10.1 Å². The van der Waals surface area contributed by atoms with Crippen LogP contribution in [0, 0.1) is 5.82 Å². The molecule has 0 aromatic heterocycles. The topological polar surface area (TPSA) is 50.7 Å². The Morgan fingerprint density at radius 3 is 2.19 bits per heavy atom. The molecule has 0 fully saturated rings. The summed E-state index contributed by atoms with van der Waals surface area (Å²) in [5.74, 6) is -0.504. The molecule has 3 rings (SSSR count). The summed E-state index contributed by atoms with van der Waals surface area (Å²) in [7, 11) is 0. The lowest BCUT2D eigenvalue weighted by atomic mass is 10.2. The third-order valence-electron chi connectivity index (χ3n) is 3.50. The number of hydrogen-bond donors (Lipinski definition) is 1. The fraction of sp³-hybridized carbons (Fsp3) is 0.0476. The van der Waals surface area contributed by atoms with Crippen molar-refractivity contribution < 1.29 is 13.9 Å². The molecule has 0 spiro atoms. The summed E-state index contributed by atoms with van der Waals surface area (Å²) in [4.78, 5) is 16.8. The lowest BCUT2D eigenvalue weighted by Crippen LogP contribution is -2.35. The van der Waals surface area contributed by atoms with E-state index < -0.39 is 11.7 Å². The molecule has 1 N–H and O–H groups in total. The van der Waals surface area contributed by atoms with Crippen molar-refractivity contribution in [3.05, 3.63) is 96.3 Å². The summed E-state index contributed by atoms with van der Waals surface area (Å²) in [6.07, 6.45) is 0. The first kappa shape index (κ1) is 17.4. The second kappa shape index (κ2) is 8.58. The Morgan fingerprint density at radius 1 is 0.885 bits per heavy atom. The molecule has 3 aromatic rings. The summed E-state index contributed by atoms with van der Waals surface area (Å²) in [6, 6.07) is 24.5. The van der Waals surface area contributed by atoms with Gasteiger partial charge >= 0.3 is 0 Å². The highest BCUT2D eigenvalue weighted by Crippen LogP contribution is 2.15. The fourth-order valence-corrected chi connectivity index (χ4v) is 2.27. The highest BCUT2D eigenvalue weighted by molar-refractivity contribution is 6.09. The van der Waals surface area contributed by atoms with Crippen molar-refractivity contribution >= 4 is 17.4 Å². The van der Waals surface area contributed by atoms with E-state index in [1.54, 1.807) is 12.1 Å². The van der Waals surface area contributed by atoms with Crippen molar-refractivity contribution in [3.63, 3.8) is 0 Å². The number of amides is 1. The van der Waals surface area contributed by atoms with Gasteiger partial charge in [0, 0.05) is 5.56 Å². The Balaban J connectivity index is 1.74. The predicted molar refractivity (Wildman–Crippen MR) is 99.1 cm³/mol. The van der Waals surface area contributed by atoms with Gasteiger partial charge in [0.05, 0.1) is 5.69 Å². The van der Waals surface area contributed by atoms with E-state index in [9.17, 15) is 9.18 Å². The van der Waals surface area contributed by atoms with E-state index in [-0.39, 0.29) is 12.4 Å². The van der Waals surface area contributed by atoms with Gasteiger partial charge in [-0.3, -0.25) is 4.79 Å². The van der Waals surface area contributed by atoms with Crippen molar-refractivity contribution in [2.45, 2.75) is 0 Å². The maximum absolute atomic E-state index is 13.6. The molecule has 0 unspecified atom stereocenters. The third kappa shape index (κ3) is 4.77. The molecule has 26 heavy (non-hydrogen) atoms. The lowest BCUT2D eigenvalue weighted by Gasteiger charge is -2.11. The number of halogens is 1. The third-order valence-corrected chi connectivity index (χ3v) is 3.50. The summed E-state index contributed by atoms with van der Waals surface area (Å²) in [5, 5.41) is 2.74. The van der Waals surface area contributed by atoms with Crippen LogP contribution >= 0.6 is 0 Å². The average Bonchev–Trinajstić information content (AvgIpc) is 2.68. The number of para-hydroxylation sites is 2. The van der Waals surface area contributed by atoms with Crippen molar-refractivity contribution in [2.75, 3.05) is 6.61 Å². The van der Waals surface area contributed by atoms with Crippen molar-refractivity contribution in [1.29, 1.82) is 0 Å². The van der Waals surface area contributed by atoms with Crippen LogP contribution in [0.2, 0.25) is 0 Å². The summed E-state index contributed by atoms with van der Waals surface area (Å²) in [6.45, 7) is -0.318. The van der Waals surface area contributed by atoms with Crippen molar-refractivity contribution in [1.82, 2.24) is 5.32 Å². The fourth-order valence-electron chi connectivity index (χ4n) is 2.27. The van der Waals surface area contributed by atoms with Gasteiger partial charge in [-0.05, 0) is 24.3 Å². The first-order chi connectivity index (χ1) is 12.7. The van der Waals surface area contributed by atoms with Crippen molar-refractivity contribution in [3.8, 4) is 5.75 Å². The number of carbonyl (C=O) groups excluding carboxylic acids is 1. The van der Waals surface area contributed by atoms with Gasteiger partial charge in [-0.2, -0.15) is 0 Å². The van der Waals surface area contributed by atoms with Crippen LogP contribution in [0.1, 0.15) is 5.56 Å². The number of carbonyl (C=O) groups is 1. The monoisotopic (exact) mass is 348 g/mol. The molecule has 0 heterocycles. The van der Waals surface area contributed by atoms with Crippen LogP contribution in [0.3, 0.4) is 0 Å². The van der Waals surface area contributed by atoms with E-state index in [4.69, 9.17) is 4.74 Å². The first-order valence-corrected chi connectivity index (χ1v) is 8.09. The van der Waals surface area contributed by atoms with E-state index in [2.05, 4.69) is 10.3 Å². The molecular formula is C21H17FN2O2. The molecule has 0 aliphatic rings. The van der Waals surface area contributed by atoms with Gasteiger partial charge in [0.15, 0.2) is 18.2 Å². The summed E-state index contributed by atoms with van der Waals surface area (Å²) in [5.41, 5.74) is 1.47. The van der Waals surface area contributed by atoms with Crippen LogP contribution in [-0.2, 0) is 4.79 Å². The number of nitrogens with zero attached hydrogens (tertiary/aromatic N) is 1. The molecule has 3 aromatic carbocycles. The molecule has 130 valence electrons. The maximum Gasteiger partial charge on any atom is 0.263 e. The van der Waals surface area contributed by atoms with E-state index >= 15 is 0 Å². The Labute approximate surface area is 151 Å². The zero-order chi connectivity index (χ0) is 18.2. The number of nitrogens with one attached hydrogen (secondary N) is 1. The largest absolute Gasteiger partial charge is 0.481 e. The zero-order valence-electron chi connectivity index (χ0n) is 13.9. The lowest BCUT2D eigenvalue weighted by molar-refractivity contribution is -0.121. The summed E-state index contributed by atoms with van der Waals surface area (Å²) >= 11 is 0. The number of rotatable bonds is 5. The molecule has 1 amide bonds. The van der Waals surface area contributed by atoms with E-state index in [1.165, 1.54) is 12.1 Å². The van der Waals surface area contributed by atoms with Gasteiger partial charge in [-0.15, -0.1) is 0 Å². The van der Waals surface area contributed by atoms with Crippen LogP contribution in [-0.4, -0.2) is 18.3 Å². The van der Waals surface area contributed by atoms with Crippen LogP contribution in [0.25, 0.3) is 0 Å². The minimum Gasteiger partial charge on any atom is -0.481 e. The summed E-state index contributed by atoms with van der Waals surface area (Å²) < 4.78 is 18.8. The van der Waals surface area contributed by atoms with Crippen molar-refractivity contribution in [2.24, 2.45) is 4.99 Å². The van der Waals surface area contributed by atoms with E-state index in [0.717, 1.165) is 5.56 Å². The SMILES string of the molecule is O=C(COc1ccccc1F)NC(=Nc1ccccc1)c1ccccc1. The highest BCUT2D eigenvalue weighted by atomic mass is 19.1. The second-order valence-corrected chi connectivity index (χ2v) is 5.43. The molecule has 0 atom stereocenters. The van der Waals surface area contributed by atoms with Gasteiger partial charge in [0.25, 0.3) is 5.91 Å². The Kier molecular flexibility index (Phi) is 5.72. The maximum atomic E-state index is 13.6. The number of hydrogen-bond acceptors (Lipinski definition) is 3. The standard InChI is InChI=1S/C21H17FN2O2/c22-18-13-7-8-14-19(18)26-15-20(25)24-21(16-9-3-1-4-10-16)23-17-11-5-2-6-12-17/h1-14H,15H2,(H,23,24,25). The molecule has 4 nitrogen and oxygen atoms in total. The Bertz CT molecular complexity index is 896. The molecule has 0 bridgehead atoms. The van der Waals surface area contributed by atoms with E-state index in [0.29, 0.717) is 11.5 Å². The predicted octanol–water partition coefficient (Wildman–Crippen LogP) is 4.10. The smallest absolute Gasteiger partial charge is 0.263 e. The highest BCUT2D eigenvalue weighted by Gasteiger charge is 2.11. The van der Waals surface area contributed by atoms with Gasteiger partial charge in [0.2, 0.25) is 0 Å². The second-order valence-electron chi connectivity index (χ2n) is 5.43. The number of amidine groups is 1. The Morgan fingerprint density at radius 2 is 1.50 bits per heavy atom. The quantitative estimate of drug-likeness (QED) is 0.557. The molecular weight excluding hydrogens is 331 g/mol. The minimum atomic E-state index is -0.512. The van der Waals surface area contributed by atoms with Crippen LogP contribution in [0.5, 0.6) is 5.75 Å². The molecule has 0 saturated carbocycles. The number of aliphatic imine (C=N–C) groups is 1. The van der Waals surface area contributed by atoms with Gasteiger partial charge < -0.3 is 10.1 Å².